The van der Waals surface area contributed by atoms with E-state index in [1.165, 1.54) is 0 Å². The fraction of sp³-hybridized carbons (Fsp3) is 0.688. The number of likely N-dealkylation sites (N-methyl/N-ethyl adjacent to an activating group) is 1. The van der Waals surface area contributed by atoms with Gasteiger partial charge in [-0.2, -0.15) is 5.10 Å². The van der Waals surface area contributed by atoms with E-state index in [2.05, 4.69) is 15.3 Å². The van der Waals surface area contributed by atoms with Gasteiger partial charge in [0.15, 0.2) is 0 Å². The van der Waals surface area contributed by atoms with Crippen LogP contribution in [-0.4, -0.2) is 71.2 Å². The Balaban J connectivity index is 1.87. The number of nitrogens with one attached hydrogen (secondary N) is 1. The lowest BCUT2D eigenvalue weighted by atomic mass is 10.0. The first-order valence-electron chi connectivity index (χ1n) is 8.03. The molecule has 23 heavy (non-hydrogen) atoms. The van der Waals surface area contributed by atoms with Gasteiger partial charge in [0.2, 0.25) is 5.91 Å². The van der Waals surface area contributed by atoms with Crippen molar-refractivity contribution in [3.63, 3.8) is 0 Å². The molecule has 2 rings (SSSR count). The molecular weight excluding hydrogens is 294 g/mol. The molecule has 1 aromatic heterocycles. The van der Waals surface area contributed by atoms with Crippen molar-refractivity contribution in [1.82, 2.24) is 24.9 Å². The molecule has 0 aliphatic carbocycles. The number of rotatable bonds is 4. The number of aryl methyl sites for hydroxylation is 2. The Morgan fingerprint density at radius 3 is 2.35 bits per heavy atom. The zero-order valence-electron chi connectivity index (χ0n) is 14.7. The second-order valence-corrected chi connectivity index (χ2v) is 6.48. The summed E-state index contributed by atoms with van der Waals surface area (Å²) in [6.45, 7) is 5.88. The van der Waals surface area contributed by atoms with Crippen LogP contribution in [-0.2, 0) is 11.8 Å². The van der Waals surface area contributed by atoms with Crippen molar-refractivity contribution in [3.8, 4) is 0 Å². The lowest BCUT2D eigenvalue weighted by Crippen LogP contribution is -2.47. The van der Waals surface area contributed by atoms with Crippen molar-refractivity contribution in [2.45, 2.75) is 32.7 Å². The van der Waals surface area contributed by atoms with Crippen LogP contribution < -0.4 is 5.32 Å². The maximum absolute atomic E-state index is 12.5. The highest BCUT2D eigenvalue weighted by molar-refractivity contribution is 5.96. The summed E-state index contributed by atoms with van der Waals surface area (Å²) in [6, 6.07) is 0.159. The first-order chi connectivity index (χ1) is 10.8. The van der Waals surface area contributed by atoms with Gasteiger partial charge >= 0.3 is 0 Å². The Kier molecular flexibility index (Phi) is 5.41. The monoisotopic (exact) mass is 321 g/mol. The minimum absolute atomic E-state index is 0.0454. The molecule has 128 valence electrons. The third kappa shape index (κ3) is 4.10. The smallest absolute Gasteiger partial charge is 0.255 e. The molecule has 0 unspecified atom stereocenters. The summed E-state index contributed by atoms with van der Waals surface area (Å²) in [4.78, 5) is 28.0. The van der Waals surface area contributed by atoms with Crippen molar-refractivity contribution in [2.24, 2.45) is 7.05 Å². The lowest BCUT2D eigenvalue weighted by molar-refractivity contribution is -0.130. The molecule has 1 aliphatic rings. The fourth-order valence-corrected chi connectivity index (χ4v) is 2.93. The van der Waals surface area contributed by atoms with E-state index >= 15 is 0 Å². The highest BCUT2D eigenvalue weighted by Gasteiger charge is 2.25. The fourth-order valence-electron chi connectivity index (χ4n) is 2.93. The van der Waals surface area contributed by atoms with E-state index in [1.807, 2.05) is 20.9 Å². The standard InChI is InChI=1S/C16H27N5O2/c1-11-15(12(2)20(5)18-11)16(23)17-13-6-8-21(9-7-13)10-14(22)19(3)4/h13H,6-10H2,1-5H3,(H,17,23). The normalized spacial score (nSPS) is 16.4. The van der Waals surface area contributed by atoms with Crippen LogP contribution in [0.2, 0.25) is 0 Å². The summed E-state index contributed by atoms with van der Waals surface area (Å²) in [5, 5.41) is 7.40. The van der Waals surface area contributed by atoms with Gasteiger partial charge in [-0.05, 0) is 26.7 Å². The second-order valence-electron chi connectivity index (χ2n) is 6.48. The molecule has 1 aromatic rings. The molecule has 1 aliphatic heterocycles. The Bertz CT molecular complexity index is 586. The number of carbonyl (C=O) groups excluding carboxylic acids is 2. The zero-order chi connectivity index (χ0) is 17.1. The Hall–Kier alpha value is -1.89. The summed E-state index contributed by atoms with van der Waals surface area (Å²) in [6.07, 6.45) is 1.73. The predicted molar refractivity (Wildman–Crippen MR) is 88.3 cm³/mol. The van der Waals surface area contributed by atoms with Crippen molar-refractivity contribution < 1.29 is 9.59 Å². The van der Waals surface area contributed by atoms with E-state index in [-0.39, 0.29) is 17.9 Å². The van der Waals surface area contributed by atoms with E-state index in [9.17, 15) is 9.59 Å². The van der Waals surface area contributed by atoms with Gasteiger partial charge in [0.1, 0.15) is 0 Å². The number of nitrogens with zero attached hydrogens (tertiary/aromatic N) is 4. The number of likely N-dealkylation sites (tertiary alicyclic amines) is 1. The summed E-state index contributed by atoms with van der Waals surface area (Å²) < 4.78 is 1.74. The van der Waals surface area contributed by atoms with Gasteiger partial charge in [-0.15, -0.1) is 0 Å². The predicted octanol–water partition coefficient (Wildman–Crippen LogP) is 0.319. The molecule has 0 radical (unpaired) electrons. The topological polar surface area (TPSA) is 70.5 Å². The molecule has 7 nitrogen and oxygen atoms in total. The number of hydrogen-bond acceptors (Lipinski definition) is 4. The lowest BCUT2D eigenvalue weighted by Gasteiger charge is -2.32. The van der Waals surface area contributed by atoms with Crippen LogP contribution in [0.1, 0.15) is 34.6 Å². The zero-order valence-corrected chi connectivity index (χ0v) is 14.7. The van der Waals surface area contributed by atoms with Gasteiger partial charge in [0.05, 0.1) is 17.8 Å². The molecule has 0 saturated carbocycles. The third-order valence-electron chi connectivity index (χ3n) is 4.52. The van der Waals surface area contributed by atoms with Gasteiger partial charge < -0.3 is 10.2 Å². The van der Waals surface area contributed by atoms with E-state index in [1.54, 1.807) is 23.7 Å². The van der Waals surface area contributed by atoms with Crippen molar-refractivity contribution >= 4 is 11.8 Å². The Labute approximate surface area is 137 Å². The summed E-state index contributed by atoms with van der Waals surface area (Å²) in [5.74, 6) is 0.0741. The molecule has 2 amide bonds. The van der Waals surface area contributed by atoms with Gasteiger partial charge in [0, 0.05) is 46.0 Å². The third-order valence-corrected chi connectivity index (χ3v) is 4.52. The quantitative estimate of drug-likeness (QED) is 0.867. The minimum atomic E-state index is -0.0454. The van der Waals surface area contributed by atoms with Gasteiger partial charge in [-0.25, -0.2) is 0 Å². The van der Waals surface area contributed by atoms with Crippen LogP contribution >= 0.6 is 0 Å². The molecule has 1 fully saturated rings. The minimum Gasteiger partial charge on any atom is -0.349 e. The molecule has 0 spiro atoms. The van der Waals surface area contributed by atoms with E-state index < -0.39 is 0 Å². The second kappa shape index (κ2) is 7.12. The molecule has 1 N–H and O–H groups in total. The first kappa shape index (κ1) is 17.5. The summed E-state index contributed by atoms with van der Waals surface area (Å²) >= 11 is 0. The first-order valence-corrected chi connectivity index (χ1v) is 8.03. The van der Waals surface area contributed by atoms with Gasteiger partial charge in [-0.1, -0.05) is 0 Å². The van der Waals surface area contributed by atoms with E-state index in [0.29, 0.717) is 12.1 Å². The molecule has 7 heteroatoms. The van der Waals surface area contributed by atoms with Crippen LogP contribution in [0, 0.1) is 13.8 Å². The number of amides is 2. The average Bonchev–Trinajstić information content (AvgIpc) is 2.74. The van der Waals surface area contributed by atoms with Crippen molar-refractivity contribution in [1.29, 1.82) is 0 Å². The number of piperidine rings is 1. The van der Waals surface area contributed by atoms with Gasteiger partial charge in [-0.3, -0.25) is 19.2 Å². The highest BCUT2D eigenvalue weighted by atomic mass is 16.2. The van der Waals surface area contributed by atoms with Crippen molar-refractivity contribution in [2.75, 3.05) is 33.7 Å². The van der Waals surface area contributed by atoms with E-state index in [0.717, 1.165) is 37.3 Å². The molecule has 1 saturated heterocycles. The molecule has 2 heterocycles. The Morgan fingerprint density at radius 1 is 1.26 bits per heavy atom. The summed E-state index contributed by atoms with van der Waals surface area (Å²) in [7, 11) is 5.39. The highest BCUT2D eigenvalue weighted by Crippen LogP contribution is 2.15. The van der Waals surface area contributed by atoms with Crippen LogP contribution in [0.15, 0.2) is 0 Å². The van der Waals surface area contributed by atoms with Gasteiger partial charge in [0.25, 0.3) is 5.91 Å². The van der Waals surface area contributed by atoms with Crippen LogP contribution in [0.25, 0.3) is 0 Å². The number of carbonyl (C=O) groups is 2. The largest absolute Gasteiger partial charge is 0.349 e. The average molecular weight is 321 g/mol. The molecular formula is C16H27N5O2. The van der Waals surface area contributed by atoms with Crippen LogP contribution in [0.3, 0.4) is 0 Å². The SMILES string of the molecule is Cc1nn(C)c(C)c1C(=O)NC1CCN(CC(=O)N(C)C)CC1. The maximum Gasteiger partial charge on any atom is 0.255 e. The summed E-state index contributed by atoms with van der Waals surface area (Å²) in [5.41, 5.74) is 2.32. The van der Waals surface area contributed by atoms with Crippen molar-refractivity contribution in [3.05, 3.63) is 17.0 Å². The Morgan fingerprint density at radius 2 is 1.87 bits per heavy atom. The van der Waals surface area contributed by atoms with E-state index in [4.69, 9.17) is 0 Å². The van der Waals surface area contributed by atoms with Crippen LogP contribution in [0.5, 0.6) is 0 Å². The number of aromatic nitrogens is 2. The van der Waals surface area contributed by atoms with Crippen LogP contribution in [0.4, 0.5) is 0 Å². The number of hydrogen-bond donors (Lipinski definition) is 1. The molecule has 0 bridgehead atoms. The maximum atomic E-state index is 12.5. The molecule has 0 aromatic carbocycles. The molecule has 0 atom stereocenters.